The Balaban J connectivity index is 1.31. The normalized spacial score (nSPS) is 14.4. The lowest BCUT2D eigenvalue weighted by molar-refractivity contribution is 0.552. The number of benzene rings is 7. The maximum atomic E-state index is 7.73. The van der Waals surface area contributed by atoms with Crippen molar-refractivity contribution in [1.82, 2.24) is 9.05 Å². The molecule has 0 saturated carbocycles. The zero-order valence-electron chi connectivity index (χ0n) is 46.9. The van der Waals surface area contributed by atoms with E-state index in [1.54, 1.807) is 0 Å². The molecule has 2 aliphatic heterocycles. The first-order valence-corrected chi connectivity index (χ1v) is 26.9. The molecule has 0 unspecified atom stereocenters. The summed E-state index contributed by atoms with van der Waals surface area (Å²) >= 11 is 0. The maximum absolute atomic E-state index is 7.73. The smallest absolute Gasteiger partial charge is 0.337 e. The van der Waals surface area contributed by atoms with E-state index in [1.807, 2.05) is 0 Å². The highest BCUT2D eigenvalue weighted by atomic mass is 16.4. The number of fused-ring (bicyclic) bond motifs is 12. The molecule has 0 spiro atoms. The number of aromatic nitrogens is 2. The van der Waals surface area contributed by atoms with E-state index in [-0.39, 0.29) is 39.3 Å². The van der Waals surface area contributed by atoms with Gasteiger partial charge in [-0.05, 0) is 144 Å². The number of rotatable bonds is 2. The Bertz CT molecular complexity index is 3940. The molecule has 10 aromatic rings. The van der Waals surface area contributed by atoms with Gasteiger partial charge >= 0.3 is 6.85 Å². The van der Waals surface area contributed by atoms with Crippen molar-refractivity contribution in [3.8, 4) is 16.8 Å². The molecule has 0 bridgehead atoms. The van der Waals surface area contributed by atoms with Gasteiger partial charge in [0.1, 0.15) is 5.58 Å². The molecule has 370 valence electrons. The molecule has 7 aromatic carbocycles. The lowest BCUT2D eigenvalue weighted by Gasteiger charge is -2.39. The molecular weight excluding hydrogens is 886 g/mol. The molecule has 0 radical (unpaired) electrons. The average Bonchev–Trinajstić information content (AvgIpc) is 3.95. The van der Waals surface area contributed by atoms with Crippen molar-refractivity contribution in [2.45, 2.75) is 157 Å². The van der Waals surface area contributed by atoms with E-state index >= 15 is 0 Å². The van der Waals surface area contributed by atoms with Crippen LogP contribution in [0.2, 0.25) is 0 Å². The zero-order valence-corrected chi connectivity index (χ0v) is 46.9. The summed E-state index contributed by atoms with van der Waals surface area (Å²) in [4.78, 5) is 2.50. The predicted molar refractivity (Wildman–Crippen MR) is 316 cm³/mol. The third kappa shape index (κ3) is 7.14. The fraction of sp³-hybridized carbons (Fsp3) is 0.353. The third-order valence-electron chi connectivity index (χ3n) is 16.6. The summed E-state index contributed by atoms with van der Waals surface area (Å²) in [5.41, 5.74) is 21.9. The summed E-state index contributed by atoms with van der Waals surface area (Å²) in [5.74, 6) is 0.908. The van der Waals surface area contributed by atoms with Crippen LogP contribution in [-0.4, -0.2) is 15.9 Å². The van der Waals surface area contributed by atoms with Crippen LogP contribution in [0.3, 0.4) is 0 Å². The molecule has 0 aliphatic carbocycles. The SMILES string of the molecule is CC(C)(C)c1ccc(N2c3cc(C(C)(C)C)cc4c3B(c3c2oc2c(C(C)(C)C)cc(C(C)(C)C)cc32)n2c3cc5c6cc(C(C)(C)C)ccc6n(-c6ccccc6)c5cc3c3cc(C(C)(C)C)cc-4c32)cc1. The van der Waals surface area contributed by atoms with Gasteiger partial charge in [0.05, 0.1) is 11.0 Å². The molecule has 2 aliphatic rings. The van der Waals surface area contributed by atoms with E-state index in [0.717, 1.165) is 17.2 Å². The van der Waals surface area contributed by atoms with Gasteiger partial charge in [-0.2, -0.15) is 0 Å². The number of para-hydroxylation sites is 1. The van der Waals surface area contributed by atoms with Gasteiger partial charge in [0, 0.05) is 71.6 Å². The molecule has 3 aromatic heterocycles. The summed E-state index contributed by atoms with van der Waals surface area (Å²) in [6.45, 7) is 42.0. The summed E-state index contributed by atoms with van der Waals surface area (Å²) in [7, 11) is 0. The first-order valence-electron chi connectivity index (χ1n) is 26.9. The Morgan fingerprint density at radius 1 is 0.384 bits per heavy atom. The lowest BCUT2D eigenvalue weighted by Crippen LogP contribution is -2.56. The van der Waals surface area contributed by atoms with Crippen molar-refractivity contribution in [1.29, 1.82) is 0 Å². The van der Waals surface area contributed by atoms with Crippen LogP contribution in [0.4, 0.5) is 17.3 Å². The summed E-state index contributed by atoms with van der Waals surface area (Å²) < 4.78 is 13.0. The second-order valence-corrected chi connectivity index (χ2v) is 28.0. The van der Waals surface area contributed by atoms with Gasteiger partial charge in [0.2, 0.25) is 5.88 Å². The van der Waals surface area contributed by atoms with Crippen LogP contribution in [0.5, 0.6) is 0 Å². The highest BCUT2D eigenvalue weighted by Gasteiger charge is 2.48. The van der Waals surface area contributed by atoms with Crippen molar-refractivity contribution >= 4 is 89.6 Å². The Morgan fingerprint density at radius 3 is 1.52 bits per heavy atom. The van der Waals surface area contributed by atoms with Gasteiger partial charge in [-0.1, -0.05) is 173 Å². The first-order chi connectivity index (χ1) is 34.0. The minimum Gasteiger partial charge on any atom is -0.440 e. The van der Waals surface area contributed by atoms with E-state index < -0.39 is 0 Å². The first kappa shape index (κ1) is 47.5. The number of hydrogen-bond acceptors (Lipinski definition) is 2. The molecule has 5 heteroatoms. The van der Waals surface area contributed by atoms with Crippen LogP contribution in [0, 0.1) is 0 Å². The zero-order chi connectivity index (χ0) is 52.0. The van der Waals surface area contributed by atoms with Crippen LogP contribution in [0.1, 0.15) is 158 Å². The van der Waals surface area contributed by atoms with Gasteiger partial charge in [-0.15, -0.1) is 0 Å². The quantitative estimate of drug-likeness (QED) is 0.161. The molecule has 0 N–H and O–H groups in total. The molecular formula is C68H74BN3O. The van der Waals surface area contributed by atoms with Crippen LogP contribution in [0.25, 0.3) is 71.4 Å². The molecule has 4 nitrogen and oxygen atoms in total. The number of anilines is 3. The molecule has 0 fully saturated rings. The van der Waals surface area contributed by atoms with E-state index in [1.165, 1.54) is 116 Å². The number of hydrogen-bond donors (Lipinski definition) is 0. The van der Waals surface area contributed by atoms with Crippen molar-refractivity contribution in [2.75, 3.05) is 4.90 Å². The van der Waals surface area contributed by atoms with E-state index in [2.05, 4.69) is 260 Å². The third-order valence-corrected chi connectivity index (χ3v) is 16.6. The minimum absolute atomic E-state index is 0.00871. The standard InChI is InChI=1S/C68H74BN3O/c1-63(2,3)39-24-27-45(28-25-39)71-57-36-43(67(13,14)15)31-49-51-33-41(65(7,8)9)32-50-48-37-55-47(46-30-40(64(4,5)6)26-29-54(46)70(55)44-22-20-19-21-23-44)38-56(48)72(60(50)51)69(58(49)57)59-52-34-42(66(10,11)12)35-53(68(16,17)18)61(52)73-62(59)71/h19-38H,1-18H3. The monoisotopic (exact) mass is 960 g/mol. The Labute approximate surface area is 434 Å². The average molecular weight is 960 g/mol. The van der Waals surface area contributed by atoms with Crippen molar-refractivity contribution in [3.05, 3.63) is 155 Å². The van der Waals surface area contributed by atoms with Crippen LogP contribution >= 0.6 is 0 Å². The second kappa shape index (κ2) is 15.1. The summed E-state index contributed by atoms with van der Waals surface area (Å²) in [6.07, 6.45) is 0. The van der Waals surface area contributed by atoms with Gasteiger partial charge in [0.25, 0.3) is 0 Å². The van der Waals surface area contributed by atoms with Crippen LogP contribution in [-0.2, 0) is 32.5 Å². The van der Waals surface area contributed by atoms with Crippen molar-refractivity contribution < 1.29 is 4.42 Å². The molecule has 73 heavy (non-hydrogen) atoms. The number of furan rings is 1. The maximum Gasteiger partial charge on any atom is 0.337 e. The largest absolute Gasteiger partial charge is 0.440 e. The van der Waals surface area contributed by atoms with Crippen LogP contribution < -0.4 is 15.8 Å². The fourth-order valence-electron chi connectivity index (χ4n) is 12.2. The number of nitrogens with zero attached hydrogens (tertiary/aromatic N) is 3. The minimum atomic E-state index is -0.193. The fourth-order valence-corrected chi connectivity index (χ4v) is 12.2. The molecule has 12 rings (SSSR count). The Hall–Kier alpha value is -6.46. The Kier molecular flexibility index (Phi) is 9.82. The highest BCUT2D eigenvalue weighted by Crippen LogP contribution is 2.52. The van der Waals surface area contributed by atoms with Crippen molar-refractivity contribution in [3.63, 3.8) is 0 Å². The molecule has 0 saturated heterocycles. The summed E-state index contributed by atoms with van der Waals surface area (Å²) in [5, 5.41) is 6.32. The van der Waals surface area contributed by atoms with Gasteiger partial charge in [0.15, 0.2) is 0 Å². The topological polar surface area (TPSA) is 26.2 Å². The summed E-state index contributed by atoms with van der Waals surface area (Å²) in [6, 6.07) is 47.7. The molecule has 0 atom stereocenters. The molecule has 0 amide bonds. The van der Waals surface area contributed by atoms with E-state index in [0.29, 0.717) is 0 Å². The van der Waals surface area contributed by atoms with Gasteiger partial charge in [-0.3, -0.25) is 4.90 Å². The second-order valence-electron chi connectivity index (χ2n) is 28.0. The van der Waals surface area contributed by atoms with E-state index in [9.17, 15) is 0 Å². The molecule has 5 heterocycles. The van der Waals surface area contributed by atoms with E-state index in [4.69, 9.17) is 4.42 Å². The van der Waals surface area contributed by atoms with Gasteiger partial charge in [-0.25, -0.2) is 0 Å². The van der Waals surface area contributed by atoms with Crippen LogP contribution in [0.15, 0.2) is 126 Å². The predicted octanol–water partition coefficient (Wildman–Crippen LogP) is 17.8. The van der Waals surface area contributed by atoms with Crippen molar-refractivity contribution in [2.24, 2.45) is 0 Å². The Morgan fingerprint density at radius 2 is 0.904 bits per heavy atom. The lowest BCUT2D eigenvalue weighted by atomic mass is 9.45. The highest BCUT2D eigenvalue weighted by molar-refractivity contribution is 6.91. The van der Waals surface area contributed by atoms with Gasteiger partial charge < -0.3 is 13.5 Å².